The van der Waals surface area contributed by atoms with Gasteiger partial charge in [-0.2, -0.15) is 0 Å². The Kier molecular flexibility index (Phi) is 7.42. The summed E-state index contributed by atoms with van der Waals surface area (Å²) in [5.41, 5.74) is 0. The molecule has 0 radical (unpaired) electrons. The fourth-order valence-electron chi connectivity index (χ4n) is 1.31. The van der Waals surface area contributed by atoms with Crippen LogP contribution in [0.1, 0.15) is 13.3 Å². The van der Waals surface area contributed by atoms with Crippen molar-refractivity contribution in [2.45, 2.75) is 13.3 Å². The van der Waals surface area contributed by atoms with E-state index in [0.29, 0.717) is 0 Å². The van der Waals surface area contributed by atoms with Gasteiger partial charge in [-0.25, -0.2) is 0 Å². The van der Waals surface area contributed by atoms with Gasteiger partial charge in [0, 0.05) is 26.8 Å². The van der Waals surface area contributed by atoms with Crippen molar-refractivity contribution in [1.82, 2.24) is 4.90 Å². The predicted molar refractivity (Wildman–Crippen MR) is 55.2 cm³/mol. The summed E-state index contributed by atoms with van der Waals surface area (Å²) in [6, 6.07) is 0. The lowest BCUT2D eigenvalue weighted by atomic mass is 10.2. The highest BCUT2D eigenvalue weighted by molar-refractivity contribution is 5.71. The van der Waals surface area contributed by atoms with E-state index in [1.807, 2.05) is 14.0 Å². The Morgan fingerprint density at radius 2 is 2.07 bits per heavy atom. The van der Waals surface area contributed by atoms with Crippen LogP contribution < -0.4 is 0 Å². The molecule has 0 aliphatic heterocycles. The molecule has 0 amide bonds. The first-order valence-corrected chi connectivity index (χ1v) is 4.87. The molecule has 0 aliphatic carbocycles. The standard InChI is InChI=1S/C10H21NO3/c1-9(10(12)14-4)8-11(2)6-5-7-13-3/h9H,5-8H2,1-4H3. The van der Waals surface area contributed by atoms with Crippen molar-refractivity contribution in [1.29, 1.82) is 0 Å². The van der Waals surface area contributed by atoms with Crippen LogP contribution in [0.2, 0.25) is 0 Å². The molecule has 4 heteroatoms. The number of hydrogen-bond acceptors (Lipinski definition) is 4. The number of methoxy groups -OCH3 is 2. The molecule has 0 aliphatic rings. The Hall–Kier alpha value is -0.610. The summed E-state index contributed by atoms with van der Waals surface area (Å²) in [5.74, 6) is -0.212. The number of nitrogens with zero attached hydrogens (tertiary/aromatic N) is 1. The number of esters is 1. The first-order valence-electron chi connectivity index (χ1n) is 4.87. The van der Waals surface area contributed by atoms with Gasteiger partial charge in [0.05, 0.1) is 13.0 Å². The van der Waals surface area contributed by atoms with Crippen LogP contribution in [-0.2, 0) is 14.3 Å². The fourth-order valence-corrected chi connectivity index (χ4v) is 1.31. The Labute approximate surface area is 86.2 Å². The molecule has 0 heterocycles. The zero-order valence-electron chi connectivity index (χ0n) is 9.58. The van der Waals surface area contributed by atoms with Crippen LogP contribution in [0.3, 0.4) is 0 Å². The second-order valence-corrected chi connectivity index (χ2v) is 3.53. The van der Waals surface area contributed by atoms with E-state index in [1.54, 1.807) is 7.11 Å². The third kappa shape index (κ3) is 5.94. The van der Waals surface area contributed by atoms with Crippen molar-refractivity contribution in [3.05, 3.63) is 0 Å². The first-order chi connectivity index (χ1) is 6.61. The number of carbonyl (C=O) groups excluding carboxylic acids is 1. The molecular weight excluding hydrogens is 182 g/mol. The minimum Gasteiger partial charge on any atom is -0.469 e. The molecule has 0 N–H and O–H groups in total. The largest absolute Gasteiger partial charge is 0.469 e. The molecule has 0 aromatic carbocycles. The summed E-state index contributed by atoms with van der Waals surface area (Å²) in [5, 5.41) is 0. The molecule has 0 bridgehead atoms. The molecule has 0 saturated carbocycles. The predicted octanol–water partition coefficient (Wildman–Crippen LogP) is 0.764. The molecule has 1 unspecified atom stereocenters. The van der Waals surface area contributed by atoms with Crippen LogP contribution >= 0.6 is 0 Å². The highest BCUT2D eigenvalue weighted by atomic mass is 16.5. The van der Waals surface area contributed by atoms with Gasteiger partial charge in [0.2, 0.25) is 0 Å². The molecule has 0 aromatic heterocycles. The fraction of sp³-hybridized carbons (Fsp3) is 0.900. The second-order valence-electron chi connectivity index (χ2n) is 3.53. The Morgan fingerprint density at radius 3 is 2.57 bits per heavy atom. The van der Waals surface area contributed by atoms with Crippen molar-refractivity contribution in [2.24, 2.45) is 5.92 Å². The topological polar surface area (TPSA) is 38.8 Å². The van der Waals surface area contributed by atoms with Gasteiger partial charge in [0.1, 0.15) is 0 Å². The van der Waals surface area contributed by atoms with Gasteiger partial charge >= 0.3 is 5.97 Å². The summed E-state index contributed by atoms with van der Waals surface area (Å²) in [6.07, 6.45) is 0.987. The number of rotatable bonds is 7. The van der Waals surface area contributed by atoms with E-state index in [0.717, 1.165) is 26.1 Å². The van der Waals surface area contributed by atoms with Gasteiger partial charge in [-0.05, 0) is 13.5 Å². The summed E-state index contributed by atoms with van der Waals surface area (Å²) < 4.78 is 9.60. The van der Waals surface area contributed by atoms with Gasteiger partial charge in [-0.3, -0.25) is 4.79 Å². The lowest BCUT2D eigenvalue weighted by Crippen LogP contribution is -2.30. The van der Waals surface area contributed by atoms with Gasteiger partial charge in [-0.1, -0.05) is 6.92 Å². The Bertz CT molecular complexity index is 161. The van der Waals surface area contributed by atoms with E-state index in [4.69, 9.17) is 4.74 Å². The molecule has 14 heavy (non-hydrogen) atoms. The molecule has 0 aromatic rings. The molecule has 1 atom stereocenters. The highest BCUT2D eigenvalue weighted by Gasteiger charge is 2.14. The van der Waals surface area contributed by atoms with Crippen LogP contribution in [0, 0.1) is 5.92 Å². The van der Waals surface area contributed by atoms with Crippen LogP contribution in [0.5, 0.6) is 0 Å². The van der Waals surface area contributed by atoms with Crippen molar-refractivity contribution in [3.8, 4) is 0 Å². The van der Waals surface area contributed by atoms with E-state index in [1.165, 1.54) is 7.11 Å². The highest BCUT2D eigenvalue weighted by Crippen LogP contribution is 2.01. The maximum Gasteiger partial charge on any atom is 0.309 e. The summed E-state index contributed by atoms with van der Waals surface area (Å²) in [6.45, 7) is 4.31. The quantitative estimate of drug-likeness (QED) is 0.452. The van der Waals surface area contributed by atoms with Gasteiger partial charge < -0.3 is 14.4 Å². The van der Waals surface area contributed by atoms with Crippen LogP contribution in [0.15, 0.2) is 0 Å². The van der Waals surface area contributed by atoms with Crippen molar-refractivity contribution < 1.29 is 14.3 Å². The van der Waals surface area contributed by atoms with E-state index in [-0.39, 0.29) is 11.9 Å². The average molecular weight is 203 g/mol. The molecule has 0 saturated heterocycles. The van der Waals surface area contributed by atoms with Crippen molar-refractivity contribution in [3.63, 3.8) is 0 Å². The maximum atomic E-state index is 11.1. The van der Waals surface area contributed by atoms with E-state index in [9.17, 15) is 4.79 Å². The van der Waals surface area contributed by atoms with Gasteiger partial charge in [-0.15, -0.1) is 0 Å². The summed E-state index contributed by atoms with van der Waals surface area (Å²) in [4.78, 5) is 13.2. The van der Waals surface area contributed by atoms with E-state index >= 15 is 0 Å². The van der Waals surface area contributed by atoms with Crippen LogP contribution in [0.25, 0.3) is 0 Å². The molecular formula is C10H21NO3. The molecule has 0 rings (SSSR count). The summed E-state index contributed by atoms with van der Waals surface area (Å²) >= 11 is 0. The van der Waals surface area contributed by atoms with Gasteiger partial charge in [0.25, 0.3) is 0 Å². The molecule has 0 spiro atoms. The Balaban J connectivity index is 3.59. The molecule has 0 fully saturated rings. The monoisotopic (exact) mass is 203 g/mol. The SMILES string of the molecule is COCCCN(C)CC(C)C(=O)OC. The van der Waals surface area contributed by atoms with Gasteiger partial charge in [0.15, 0.2) is 0 Å². The Morgan fingerprint density at radius 1 is 1.43 bits per heavy atom. The second kappa shape index (κ2) is 7.76. The lowest BCUT2D eigenvalue weighted by Gasteiger charge is -2.19. The normalized spacial score (nSPS) is 12.9. The first kappa shape index (κ1) is 13.4. The van der Waals surface area contributed by atoms with E-state index in [2.05, 4.69) is 9.64 Å². The number of carbonyl (C=O) groups is 1. The molecule has 84 valence electrons. The minimum absolute atomic E-state index is 0.0625. The van der Waals surface area contributed by atoms with Crippen molar-refractivity contribution in [2.75, 3.05) is 41.0 Å². The van der Waals surface area contributed by atoms with Crippen LogP contribution in [0.4, 0.5) is 0 Å². The summed E-state index contributed by atoms with van der Waals surface area (Å²) in [7, 11) is 5.11. The average Bonchev–Trinajstić information content (AvgIpc) is 2.16. The lowest BCUT2D eigenvalue weighted by molar-refractivity contribution is -0.145. The van der Waals surface area contributed by atoms with Crippen molar-refractivity contribution >= 4 is 5.97 Å². The zero-order chi connectivity index (χ0) is 11.0. The third-order valence-electron chi connectivity index (χ3n) is 2.08. The number of ether oxygens (including phenoxy) is 2. The third-order valence-corrected chi connectivity index (χ3v) is 2.08. The van der Waals surface area contributed by atoms with Crippen LogP contribution in [-0.4, -0.2) is 51.8 Å². The zero-order valence-corrected chi connectivity index (χ0v) is 9.58. The molecule has 4 nitrogen and oxygen atoms in total. The minimum atomic E-state index is -0.149. The number of hydrogen-bond donors (Lipinski definition) is 0. The van der Waals surface area contributed by atoms with E-state index < -0.39 is 0 Å². The smallest absolute Gasteiger partial charge is 0.309 e. The maximum absolute atomic E-state index is 11.1.